The Hall–Kier alpha value is -0.170. The average molecular weight is 306 g/mol. The van der Waals surface area contributed by atoms with Crippen LogP contribution in [-0.2, 0) is 4.74 Å². The van der Waals surface area contributed by atoms with Crippen molar-refractivity contribution in [3.05, 3.63) is 33.4 Å². The second kappa shape index (κ2) is 6.34. The van der Waals surface area contributed by atoms with Crippen LogP contribution in [0.1, 0.15) is 18.5 Å². The lowest BCUT2D eigenvalue weighted by Crippen LogP contribution is -2.31. The van der Waals surface area contributed by atoms with E-state index in [9.17, 15) is 0 Å². The number of benzene rings is 1. The third-order valence-corrected chi connectivity index (χ3v) is 2.61. The summed E-state index contributed by atoms with van der Waals surface area (Å²) in [6, 6.07) is 8.30. The number of halogens is 1. The summed E-state index contributed by atoms with van der Waals surface area (Å²) in [4.78, 5) is 0. The van der Waals surface area contributed by atoms with Gasteiger partial charge in [-0.25, -0.2) is 0 Å². The number of hydrazine groups is 1. The highest BCUT2D eigenvalue weighted by Crippen LogP contribution is 2.15. The van der Waals surface area contributed by atoms with Crippen molar-refractivity contribution in [3.63, 3.8) is 0 Å². The molecule has 14 heavy (non-hydrogen) atoms. The van der Waals surface area contributed by atoms with Crippen LogP contribution in [0.15, 0.2) is 24.3 Å². The molecule has 0 heterocycles. The van der Waals surface area contributed by atoms with E-state index in [1.54, 1.807) is 0 Å². The van der Waals surface area contributed by atoms with E-state index in [-0.39, 0.29) is 6.04 Å². The highest BCUT2D eigenvalue weighted by Gasteiger charge is 2.08. The Kier molecular flexibility index (Phi) is 5.39. The van der Waals surface area contributed by atoms with E-state index >= 15 is 0 Å². The van der Waals surface area contributed by atoms with Crippen LogP contribution in [0.4, 0.5) is 0 Å². The Balaban J connectivity index is 2.68. The summed E-state index contributed by atoms with van der Waals surface area (Å²) < 4.78 is 6.54. The van der Waals surface area contributed by atoms with Crippen molar-refractivity contribution in [2.24, 2.45) is 5.84 Å². The SMILES string of the molecule is CCOCC(NN)c1cccc(I)c1. The first-order valence-corrected chi connectivity index (χ1v) is 5.65. The number of nitrogens with one attached hydrogen (secondary N) is 1. The van der Waals surface area contributed by atoms with Gasteiger partial charge in [-0.15, -0.1) is 0 Å². The van der Waals surface area contributed by atoms with Crippen LogP contribution in [0.25, 0.3) is 0 Å². The summed E-state index contributed by atoms with van der Waals surface area (Å²) in [5, 5.41) is 0. The van der Waals surface area contributed by atoms with E-state index in [1.807, 2.05) is 19.1 Å². The predicted octanol–water partition coefficient (Wildman–Crippen LogP) is 1.83. The number of hydrogen-bond acceptors (Lipinski definition) is 3. The van der Waals surface area contributed by atoms with E-state index < -0.39 is 0 Å². The molecule has 0 fully saturated rings. The highest BCUT2D eigenvalue weighted by atomic mass is 127. The average Bonchev–Trinajstić information content (AvgIpc) is 2.19. The molecule has 3 nitrogen and oxygen atoms in total. The summed E-state index contributed by atoms with van der Waals surface area (Å²) in [5.41, 5.74) is 3.91. The van der Waals surface area contributed by atoms with Crippen molar-refractivity contribution in [3.8, 4) is 0 Å². The van der Waals surface area contributed by atoms with Gasteiger partial charge in [-0.05, 0) is 47.2 Å². The second-order valence-corrected chi connectivity index (χ2v) is 4.18. The lowest BCUT2D eigenvalue weighted by atomic mass is 10.1. The van der Waals surface area contributed by atoms with Gasteiger partial charge in [0.25, 0.3) is 0 Å². The van der Waals surface area contributed by atoms with Gasteiger partial charge in [-0.2, -0.15) is 0 Å². The van der Waals surface area contributed by atoms with Crippen LogP contribution in [0.5, 0.6) is 0 Å². The Morgan fingerprint density at radius 3 is 2.93 bits per heavy atom. The normalized spacial score (nSPS) is 12.8. The van der Waals surface area contributed by atoms with Crippen molar-refractivity contribution >= 4 is 22.6 Å². The zero-order chi connectivity index (χ0) is 10.4. The largest absolute Gasteiger partial charge is 0.380 e. The van der Waals surface area contributed by atoms with Gasteiger partial charge in [-0.1, -0.05) is 12.1 Å². The third-order valence-electron chi connectivity index (χ3n) is 1.94. The topological polar surface area (TPSA) is 47.3 Å². The molecular formula is C10H15IN2O. The molecular weight excluding hydrogens is 291 g/mol. The fourth-order valence-electron chi connectivity index (χ4n) is 1.20. The molecule has 0 aliphatic heterocycles. The minimum atomic E-state index is 0.0738. The van der Waals surface area contributed by atoms with Crippen LogP contribution in [0, 0.1) is 3.57 Å². The molecule has 78 valence electrons. The fourth-order valence-corrected chi connectivity index (χ4v) is 1.77. The molecule has 0 aromatic heterocycles. The van der Waals surface area contributed by atoms with Crippen LogP contribution in [-0.4, -0.2) is 13.2 Å². The Morgan fingerprint density at radius 2 is 2.36 bits per heavy atom. The van der Waals surface area contributed by atoms with Crippen molar-refractivity contribution in [1.29, 1.82) is 0 Å². The summed E-state index contributed by atoms with van der Waals surface area (Å²) >= 11 is 2.28. The van der Waals surface area contributed by atoms with Crippen LogP contribution in [0.3, 0.4) is 0 Å². The molecule has 0 saturated carbocycles. The molecule has 0 spiro atoms. The minimum absolute atomic E-state index is 0.0738. The first kappa shape index (κ1) is 11.9. The number of hydrogen-bond donors (Lipinski definition) is 2. The molecule has 0 bridgehead atoms. The van der Waals surface area contributed by atoms with Gasteiger partial charge in [0.15, 0.2) is 0 Å². The lowest BCUT2D eigenvalue weighted by Gasteiger charge is -2.16. The molecule has 1 aromatic rings. The van der Waals surface area contributed by atoms with Crippen LogP contribution < -0.4 is 11.3 Å². The first-order chi connectivity index (χ1) is 6.77. The van der Waals surface area contributed by atoms with E-state index in [0.717, 1.165) is 5.56 Å². The minimum Gasteiger partial charge on any atom is -0.380 e. The molecule has 4 heteroatoms. The monoisotopic (exact) mass is 306 g/mol. The summed E-state index contributed by atoms with van der Waals surface area (Å²) in [6.45, 7) is 3.29. The highest BCUT2D eigenvalue weighted by molar-refractivity contribution is 14.1. The molecule has 1 unspecified atom stereocenters. The molecule has 0 aliphatic carbocycles. The van der Waals surface area contributed by atoms with Crippen LogP contribution >= 0.6 is 22.6 Å². The summed E-state index contributed by atoms with van der Waals surface area (Å²) in [6.07, 6.45) is 0. The molecule has 0 aliphatic rings. The van der Waals surface area contributed by atoms with Gasteiger partial charge >= 0.3 is 0 Å². The summed E-state index contributed by atoms with van der Waals surface area (Å²) in [7, 11) is 0. The third kappa shape index (κ3) is 3.53. The quantitative estimate of drug-likeness (QED) is 0.496. The van der Waals surface area contributed by atoms with Crippen molar-refractivity contribution in [2.75, 3.05) is 13.2 Å². The second-order valence-electron chi connectivity index (χ2n) is 2.93. The van der Waals surface area contributed by atoms with E-state index in [1.165, 1.54) is 3.57 Å². The molecule has 0 saturated heterocycles. The molecule has 1 atom stereocenters. The zero-order valence-electron chi connectivity index (χ0n) is 8.16. The Labute approximate surface area is 98.1 Å². The molecule has 0 amide bonds. The lowest BCUT2D eigenvalue weighted by molar-refractivity contribution is 0.123. The van der Waals surface area contributed by atoms with E-state index in [0.29, 0.717) is 13.2 Å². The van der Waals surface area contributed by atoms with Gasteiger partial charge in [0.05, 0.1) is 12.6 Å². The van der Waals surface area contributed by atoms with E-state index in [4.69, 9.17) is 10.6 Å². The van der Waals surface area contributed by atoms with Gasteiger partial charge < -0.3 is 4.74 Å². The van der Waals surface area contributed by atoms with E-state index in [2.05, 4.69) is 40.1 Å². The maximum atomic E-state index is 5.46. The Morgan fingerprint density at radius 1 is 1.57 bits per heavy atom. The number of ether oxygens (including phenoxy) is 1. The standard InChI is InChI=1S/C10H15IN2O/c1-2-14-7-10(13-12)8-4-3-5-9(11)6-8/h3-6,10,13H,2,7,12H2,1H3. The van der Waals surface area contributed by atoms with Crippen molar-refractivity contribution in [1.82, 2.24) is 5.43 Å². The number of nitrogens with two attached hydrogens (primary N) is 1. The van der Waals surface area contributed by atoms with Gasteiger partial charge in [-0.3, -0.25) is 11.3 Å². The molecule has 3 N–H and O–H groups in total. The number of rotatable bonds is 5. The molecule has 1 aromatic carbocycles. The predicted molar refractivity (Wildman–Crippen MR) is 65.7 cm³/mol. The molecule has 0 radical (unpaired) electrons. The first-order valence-electron chi connectivity index (χ1n) is 4.57. The summed E-state index contributed by atoms with van der Waals surface area (Å²) in [5.74, 6) is 5.46. The zero-order valence-corrected chi connectivity index (χ0v) is 10.3. The van der Waals surface area contributed by atoms with Crippen molar-refractivity contribution < 1.29 is 4.74 Å². The molecule has 1 rings (SSSR count). The van der Waals surface area contributed by atoms with Crippen LogP contribution in [0.2, 0.25) is 0 Å². The van der Waals surface area contributed by atoms with Crippen molar-refractivity contribution in [2.45, 2.75) is 13.0 Å². The smallest absolute Gasteiger partial charge is 0.0694 e. The van der Waals surface area contributed by atoms with Gasteiger partial charge in [0.1, 0.15) is 0 Å². The maximum absolute atomic E-state index is 5.46. The maximum Gasteiger partial charge on any atom is 0.0694 e. The van der Waals surface area contributed by atoms with Gasteiger partial charge in [0, 0.05) is 10.2 Å². The van der Waals surface area contributed by atoms with Gasteiger partial charge in [0.2, 0.25) is 0 Å². The fraction of sp³-hybridized carbons (Fsp3) is 0.400. The Bertz CT molecular complexity index is 281.